The van der Waals surface area contributed by atoms with Gasteiger partial charge in [-0.1, -0.05) is 72.5 Å². The summed E-state index contributed by atoms with van der Waals surface area (Å²) >= 11 is 6.98. The molecule has 0 aliphatic carbocycles. The number of rotatable bonds is 7. The van der Waals surface area contributed by atoms with Crippen LogP contribution < -0.4 is 4.74 Å². The average Bonchev–Trinajstić information content (AvgIpc) is 3.46. The van der Waals surface area contributed by atoms with Gasteiger partial charge < -0.3 is 4.74 Å². The highest BCUT2D eigenvalue weighted by atomic mass is 32.2. The highest BCUT2D eigenvalue weighted by molar-refractivity contribution is 8.26. The Labute approximate surface area is 226 Å². The van der Waals surface area contributed by atoms with Crippen molar-refractivity contribution < 1.29 is 9.53 Å². The highest BCUT2D eigenvalue weighted by Crippen LogP contribution is 2.39. The van der Waals surface area contributed by atoms with Crippen molar-refractivity contribution in [3.8, 4) is 22.7 Å². The van der Waals surface area contributed by atoms with E-state index < -0.39 is 0 Å². The minimum absolute atomic E-state index is 0.0901. The highest BCUT2D eigenvalue weighted by Gasteiger charge is 2.36. The van der Waals surface area contributed by atoms with Gasteiger partial charge in [-0.05, 0) is 68.3 Å². The average molecular weight is 526 g/mol. The maximum atomic E-state index is 13.5. The number of ether oxygens (including phenoxy) is 1. The summed E-state index contributed by atoms with van der Waals surface area (Å²) in [5, 5.41) is 4.92. The van der Waals surface area contributed by atoms with Crippen LogP contribution >= 0.6 is 24.0 Å². The Bertz CT molecular complexity index is 1480. The Morgan fingerprint density at radius 2 is 1.76 bits per heavy atom. The number of aryl methyl sites for hydroxylation is 1. The normalized spacial score (nSPS) is 15.4. The molecule has 0 N–H and O–H groups in total. The maximum Gasteiger partial charge on any atom is 0.266 e. The summed E-state index contributed by atoms with van der Waals surface area (Å²) in [6, 6.07) is 25.8. The van der Waals surface area contributed by atoms with Gasteiger partial charge in [0.2, 0.25) is 0 Å². The number of benzene rings is 3. The van der Waals surface area contributed by atoms with Gasteiger partial charge in [0.1, 0.15) is 15.8 Å². The lowest BCUT2D eigenvalue weighted by Gasteiger charge is -2.23. The lowest BCUT2D eigenvalue weighted by Crippen LogP contribution is -2.30. The number of para-hydroxylation sites is 1. The number of amides is 1. The predicted octanol–water partition coefficient (Wildman–Crippen LogP) is 7.21. The zero-order chi connectivity index (χ0) is 25.9. The molecule has 1 amide bonds. The van der Waals surface area contributed by atoms with E-state index in [2.05, 4.69) is 6.07 Å². The van der Waals surface area contributed by atoms with Crippen molar-refractivity contribution in [3.05, 3.63) is 107 Å². The summed E-state index contributed by atoms with van der Waals surface area (Å²) in [5.41, 5.74) is 5.60. The number of thiocarbonyl (C=S) groups is 1. The summed E-state index contributed by atoms with van der Waals surface area (Å²) < 4.78 is 8.14. The lowest BCUT2D eigenvalue weighted by molar-refractivity contribution is -0.123. The largest absolute Gasteiger partial charge is 0.494 e. The molecule has 0 spiro atoms. The molecule has 0 unspecified atom stereocenters. The fraction of sp³-hybridized carbons (Fsp3) is 0.167. The Kier molecular flexibility index (Phi) is 7.26. The first-order chi connectivity index (χ1) is 18.0. The molecule has 0 bridgehead atoms. The number of aromatic nitrogens is 2. The summed E-state index contributed by atoms with van der Waals surface area (Å²) in [5.74, 6) is 0.763. The van der Waals surface area contributed by atoms with Crippen molar-refractivity contribution in [3.63, 3.8) is 0 Å². The van der Waals surface area contributed by atoms with E-state index in [1.165, 1.54) is 11.8 Å². The van der Waals surface area contributed by atoms with E-state index in [9.17, 15) is 4.79 Å². The molecule has 0 radical (unpaired) electrons. The van der Waals surface area contributed by atoms with Gasteiger partial charge in [0.15, 0.2) is 0 Å². The number of hydrogen-bond donors (Lipinski definition) is 0. The molecule has 3 aromatic carbocycles. The number of hydrogen-bond acceptors (Lipinski definition) is 5. The number of carbonyl (C=O) groups is 1. The SMILES string of the molecule is CCOc1ccc(-c2nn(-c3ccccc3)cc2/C=C2\SC(=S)N([C@H](C)c3ccccc3)C2=O)cc1C. The van der Waals surface area contributed by atoms with E-state index >= 15 is 0 Å². The Morgan fingerprint density at radius 1 is 1.05 bits per heavy atom. The van der Waals surface area contributed by atoms with E-state index in [0.29, 0.717) is 15.8 Å². The summed E-state index contributed by atoms with van der Waals surface area (Å²) in [7, 11) is 0. The van der Waals surface area contributed by atoms with Gasteiger partial charge in [0, 0.05) is 17.3 Å². The van der Waals surface area contributed by atoms with Gasteiger partial charge in [-0.25, -0.2) is 4.68 Å². The molecule has 37 heavy (non-hydrogen) atoms. The third-order valence-electron chi connectivity index (χ3n) is 6.29. The number of carbonyl (C=O) groups excluding carboxylic acids is 1. The molecule has 1 fully saturated rings. The predicted molar refractivity (Wildman–Crippen MR) is 155 cm³/mol. The van der Waals surface area contributed by atoms with Crippen LogP contribution in [0.1, 0.15) is 36.6 Å². The van der Waals surface area contributed by atoms with Gasteiger partial charge in [-0.3, -0.25) is 9.69 Å². The zero-order valence-corrected chi connectivity index (χ0v) is 22.6. The second-order valence-corrected chi connectivity index (χ2v) is 10.4. The first kappa shape index (κ1) is 25.0. The monoisotopic (exact) mass is 525 g/mol. The van der Waals surface area contributed by atoms with Crippen molar-refractivity contribution in [2.45, 2.75) is 26.8 Å². The molecule has 1 aromatic heterocycles. The smallest absolute Gasteiger partial charge is 0.266 e. The van der Waals surface area contributed by atoms with Crippen LogP contribution in [0.5, 0.6) is 5.75 Å². The van der Waals surface area contributed by atoms with Gasteiger partial charge in [-0.2, -0.15) is 5.10 Å². The fourth-order valence-electron chi connectivity index (χ4n) is 4.38. The minimum Gasteiger partial charge on any atom is -0.494 e. The Morgan fingerprint density at radius 3 is 2.43 bits per heavy atom. The van der Waals surface area contributed by atoms with Crippen molar-refractivity contribution >= 4 is 40.3 Å². The number of thioether (sulfide) groups is 1. The summed E-state index contributed by atoms with van der Waals surface area (Å²) in [6.07, 6.45) is 3.87. The summed E-state index contributed by atoms with van der Waals surface area (Å²) in [4.78, 5) is 15.8. The third kappa shape index (κ3) is 5.10. The van der Waals surface area contributed by atoms with Crippen molar-refractivity contribution in [1.29, 1.82) is 0 Å². The Balaban J connectivity index is 1.55. The van der Waals surface area contributed by atoms with Crippen LogP contribution in [0.15, 0.2) is 90.0 Å². The van der Waals surface area contributed by atoms with Crippen LogP contribution in [0.3, 0.4) is 0 Å². The van der Waals surface area contributed by atoms with Crippen LogP contribution in [0.2, 0.25) is 0 Å². The van der Waals surface area contributed by atoms with Crippen molar-refractivity contribution in [2.24, 2.45) is 0 Å². The molecule has 5 nitrogen and oxygen atoms in total. The molecule has 5 rings (SSSR count). The second-order valence-electron chi connectivity index (χ2n) is 8.76. The topological polar surface area (TPSA) is 47.4 Å². The first-order valence-electron chi connectivity index (χ1n) is 12.2. The molecule has 0 saturated carbocycles. The lowest BCUT2D eigenvalue weighted by atomic mass is 10.0. The molecule has 1 aliphatic heterocycles. The van der Waals surface area contributed by atoms with Crippen LogP contribution in [-0.4, -0.2) is 31.5 Å². The third-order valence-corrected chi connectivity index (χ3v) is 7.62. The van der Waals surface area contributed by atoms with E-state index in [-0.39, 0.29) is 11.9 Å². The van der Waals surface area contributed by atoms with Crippen molar-refractivity contribution in [1.82, 2.24) is 14.7 Å². The van der Waals surface area contributed by atoms with Crippen LogP contribution in [-0.2, 0) is 4.79 Å². The standard InChI is InChI=1S/C30H27N3O2S2/c1-4-35-26-16-15-23(17-20(26)2)28-24(19-32(31-28)25-13-9-6-10-14-25)18-27-29(34)33(30(36)37-27)21(3)22-11-7-5-8-12-22/h5-19,21H,4H2,1-3H3/b27-18-/t21-/m1/s1. The molecular weight excluding hydrogens is 498 g/mol. The number of nitrogens with zero attached hydrogens (tertiary/aromatic N) is 3. The van der Waals surface area contributed by atoms with E-state index in [0.717, 1.165) is 39.4 Å². The maximum absolute atomic E-state index is 13.5. The quantitative estimate of drug-likeness (QED) is 0.188. The minimum atomic E-state index is -0.153. The molecule has 2 heterocycles. The van der Waals surface area contributed by atoms with Crippen molar-refractivity contribution in [2.75, 3.05) is 6.61 Å². The Hall–Kier alpha value is -3.68. The van der Waals surface area contributed by atoms with Crippen LogP contribution in [0.4, 0.5) is 0 Å². The van der Waals surface area contributed by atoms with E-state index in [1.54, 1.807) is 4.90 Å². The van der Waals surface area contributed by atoms with Gasteiger partial charge in [0.25, 0.3) is 5.91 Å². The molecule has 1 aliphatic rings. The molecule has 7 heteroatoms. The van der Waals surface area contributed by atoms with Gasteiger partial charge in [-0.15, -0.1) is 0 Å². The summed E-state index contributed by atoms with van der Waals surface area (Å²) in [6.45, 7) is 6.61. The zero-order valence-electron chi connectivity index (χ0n) is 20.9. The molecule has 4 aromatic rings. The van der Waals surface area contributed by atoms with E-state index in [1.807, 2.05) is 111 Å². The van der Waals surface area contributed by atoms with Crippen LogP contribution in [0.25, 0.3) is 23.0 Å². The second kappa shape index (κ2) is 10.7. The van der Waals surface area contributed by atoms with Gasteiger partial charge >= 0.3 is 0 Å². The van der Waals surface area contributed by atoms with E-state index in [4.69, 9.17) is 22.1 Å². The van der Waals surface area contributed by atoms with Gasteiger partial charge in [0.05, 0.1) is 23.2 Å². The van der Waals surface area contributed by atoms with Crippen LogP contribution in [0, 0.1) is 6.92 Å². The molecule has 1 atom stereocenters. The fourth-order valence-corrected chi connectivity index (χ4v) is 5.79. The first-order valence-corrected chi connectivity index (χ1v) is 13.4. The molecule has 186 valence electrons. The molecule has 1 saturated heterocycles. The molecular formula is C30H27N3O2S2.